The maximum absolute atomic E-state index is 3.55. The van der Waals surface area contributed by atoms with Gasteiger partial charge in [0.2, 0.25) is 0 Å². The van der Waals surface area contributed by atoms with Gasteiger partial charge in [0.1, 0.15) is 0 Å². The van der Waals surface area contributed by atoms with Crippen molar-refractivity contribution in [3.05, 3.63) is 0 Å². The molecular formula is C12H24N2. The molecule has 82 valence electrons. The molecule has 1 N–H and O–H groups in total. The molecule has 2 nitrogen and oxygen atoms in total. The van der Waals surface area contributed by atoms with Crippen LogP contribution in [0.25, 0.3) is 0 Å². The van der Waals surface area contributed by atoms with Crippen LogP contribution in [-0.2, 0) is 0 Å². The first-order valence-corrected chi connectivity index (χ1v) is 6.18. The number of rotatable bonds is 7. The lowest BCUT2D eigenvalue weighted by molar-refractivity contribution is 0.234. The van der Waals surface area contributed by atoms with Gasteiger partial charge >= 0.3 is 0 Å². The van der Waals surface area contributed by atoms with Crippen molar-refractivity contribution in [2.45, 2.75) is 38.6 Å². The Bertz CT molecular complexity index is 173. The summed E-state index contributed by atoms with van der Waals surface area (Å²) in [6.07, 6.45) is 5.84. The highest BCUT2D eigenvalue weighted by Gasteiger charge is 2.30. The second-order valence-electron chi connectivity index (χ2n) is 5.21. The Balaban J connectivity index is 1.49. The van der Waals surface area contributed by atoms with Crippen molar-refractivity contribution in [3.8, 4) is 0 Å². The van der Waals surface area contributed by atoms with Gasteiger partial charge in [-0.05, 0) is 58.0 Å². The van der Waals surface area contributed by atoms with Crippen LogP contribution in [0.5, 0.6) is 0 Å². The molecule has 0 radical (unpaired) electrons. The lowest BCUT2D eigenvalue weighted by Gasteiger charge is -2.24. The normalized spacial score (nSPS) is 24.2. The largest absolute Gasteiger partial charge is 0.315 e. The Morgan fingerprint density at radius 3 is 2.57 bits per heavy atom. The summed E-state index contributed by atoms with van der Waals surface area (Å²) in [6, 6.07) is 0.803. The van der Waals surface area contributed by atoms with E-state index in [4.69, 9.17) is 0 Å². The van der Waals surface area contributed by atoms with Gasteiger partial charge in [0.05, 0.1) is 0 Å². The molecular weight excluding hydrogens is 172 g/mol. The van der Waals surface area contributed by atoms with Crippen LogP contribution in [0.15, 0.2) is 0 Å². The molecule has 0 amide bonds. The first kappa shape index (κ1) is 10.4. The maximum Gasteiger partial charge on any atom is 0.0107 e. The highest BCUT2D eigenvalue weighted by atomic mass is 15.1. The van der Waals surface area contributed by atoms with Crippen molar-refractivity contribution in [2.75, 3.05) is 26.7 Å². The molecule has 2 aliphatic rings. The molecule has 2 fully saturated rings. The monoisotopic (exact) mass is 196 g/mol. The maximum atomic E-state index is 3.55. The molecule has 0 spiro atoms. The van der Waals surface area contributed by atoms with Gasteiger partial charge < -0.3 is 10.2 Å². The average Bonchev–Trinajstić information content (AvgIpc) is 3.04. The van der Waals surface area contributed by atoms with Crippen LogP contribution in [0.4, 0.5) is 0 Å². The number of hydrogen-bond donors (Lipinski definition) is 1. The molecule has 2 saturated carbocycles. The van der Waals surface area contributed by atoms with Crippen molar-refractivity contribution < 1.29 is 0 Å². The van der Waals surface area contributed by atoms with Crippen LogP contribution >= 0.6 is 0 Å². The van der Waals surface area contributed by atoms with Crippen LogP contribution < -0.4 is 5.32 Å². The van der Waals surface area contributed by atoms with E-state index in [9.17, 15) is 0 Å². The Morgan fingerprint density at radius 1 is 1.29 bits per heavy atom. The summed E-state index contributed by atoms with van der Waals surface area (Å²) >= 11 is 0. The highest BCUT2D eigenvalue weighted by molar-refractivity contribution is 4.84. The highest BCUT2D eigenvalue weighted by Crippen LogP contribution is 2.34. The fourth-order valence-corrected chi connectivity index (χ4v) is 2.03. The first-order valence-electron chi connectivity index (χ1n) is 6.18. The molecule has 2 aliphatic carbocycles. The fourth-order valence-electron chi connectivity index (χ4n) is 2.03. The topological polar surface area (TPSA) is 15.3 Å². The van der Waals surface area contributed by atoms with Crippen molar-refractivity contribution in [1.29, 1.82) is 0 Å². The van der Waals surface area contributed by atoms with Crippen molar-refractivity contribution in [3.63, 3.8) is 0 Å². The van der Waals surface area contributed by atoms with Crippen LogP contribution in [0.3, 0.4) is 0 Å². The zero-order chi connectivity index (χ0) is 9.97. The van der Waals surface area contributed by atoms with Gasteiger partial charge in [-0.1, -0.05) is 0 Å². The van der Waals surface area contributed by atoms with E-state index in [1.807, 2.05) is 0 Å². The predicted molar refractivity (Wildman–Crippen MR) is 60.4 cm³/mol. The van der Waals surface area contributed by atoms with Gasteiger partial charge in [-0.15, -0.1) is 0 Å². The summed E-state index contributed by atoms with van der Waals surface area (Å²) < 4.78 is 0. The number of likely N-dealkylation sites (N-methyl/N-ethyl adjacent to an activating group) is 1. The molecule has 14 heavy (non-hydrogen) atoms. The minimum Gasteiger partial charge on any atom is -0.315 e. The number of nitrogens with one attached hydrogen (secondary N) is 1. The summed E-state index contributed by atoms with van der Waals surface area (Å²) in [5, 5.41) is 3.55. The Hall–Kier alpha value is -0.0800. The molecule has 0 aromatic rings. The fraction of sp³-hybridized carbons (Fsp3) is 1.00. The van der Waals surface area contributed by atoms with Crippen molar-refractivity contribution in [2.24, 2.45) is 11.8 Å². The third-order valence-corrected chi connectivity index (χ3v) is 3.77. The Morgan fingerprint density at radius 2 is 2.00 bits per heavy atom. The van der Waals surface area contributed by atoms with Gasteiger partial charge in [0.25, 0.3) is 0 Å². The summed E-state index contributed by atoms with van der Waals surface area (Å²) in [4.78, 5) is 2.51. The number of hydrogen-bond acceptors (Lipinski definition) is 2. The van der Waals surface area contributed by atoms with E-state index in [-0.39, 0.29) is 0 Å². The van der Waals surface area contributed by atoms with E-state index in [0.717, 1.165) is 17.9 Å². The van der Waals surface area contributed by atoms with E-state index in [1.165, 1.54) is 45.3 Å². The van der Waals surface area contributed by atoms with E-state index < -0.39 is 0 Å². The summed E-state index contributed by atoms with van der Waals surface area (Å²) in [5.74, 6) is 2.02. The summed E-state index contributed by atoms with van der Waals surface area (Å²) in [7, 11) is 2.27. The molecule has 2 heteroatoms. The van der Waals surface area contributed by atoms with Crippen LogP contribution in [0, 0.1) is 11.8 Å². The molecule has 0 heterocycles. The van der Waals surface area contributed by atoms with E-state index in [0.29, 0.717) is 0 Å². The Labute approximate surface area is 88.1 Å². The molecule has 2 rings (SSSR count). The van der Waals surface area contributed by atoms with Crippen molar-refractivity contribution >= 4 is 0 Å². The van der Waals surface area contributed by atoms with Gasteiger partial charge in [-0.3, -0.25) is 0 Å². The molecule has 0 bridgehead atoms. The standard InChI is InChI=1S/C12H24N2/c1-10(12-5-6-12)14(2)8-7-13-9-11-3-4-11/h10-13H,3-9H2,1-2H3. The minimum absolute atomic E-state index is 0.803. The minimum atomic E-state index is 0.803. The van der Waals surface area contributed by atoms with E-state index in [1.54, 1.807) is 0 Å². The quantitative estimate of drug-likeness (QED) is 0.624. The van der Waals surface area contributed by atoms with Gasteiger partial charge in [0.15, 0.2) is 0 Å². The summed E-state index contributed by atoms with van der Waals surface area (Å²) in [6.45, 7) is 6.01. The Kier molecular flexibility index (Phi) is 3.45. The molecule has 0 aliphatic heterocycles. The van der Waals surface area contributed by atoms with Crippen molar-refractivity contribution in [1.82, 2.24) is 10.2 Å². The second kappa shape index (κ2) is 4.63. The van der Waals surface area contributed by atoms with Gasteiger partial charge in [-0.25, -0.2) is 0 Å². The van der Waals surface area contributed by atoms with Gasteiger partial charge in [0, 0.05) is 19.1 Å². The molecule has 0 saturated heterocycles. The third kappa shape index (κ3) is 3.25. The zero-order valence-corrected chi connectivity index (χ0v) is 9.63. The molecule has 0 aromatic heterocycles. The lowest BCUT2D eigenvalue weighted by Crippen LogP contribution is -2.36. The van der Waals surface area contributed by atoms with E-state index in [2.05, 4.69) is 24.2 Å². The smallest absolute Gasteiger partial charge is 0.0107 e. The van der Waals surface area contributed by atoms with E-state index >= 15 is 0 Å². The summed E-state index contributed by atoms with van der Waals surface area (Å²) in [5.41, 5.74) is 0. The molecule has 1 atom stereocenters. The molecule has 1 unspecified atom stereocenters. The second-order valence-corrected chi connectivity index (χ2v) is 5.21. The lowest BCUT2D eigenvalue weighted by atomic mass is 10.2. The van der Waals surface area contributed by atoms with Crippen LogP contribution in [0.1, 0.15) is 32.6 Å². The first-order chi connectivity index (χ1) is 6.77. The van der Waals surface area contributed by atoms with Crippen LogP contribution in [0.2, 0.25) is 0 Å². The molecule has 0 aromatic carbocycles. The third-order valence-electron chi connectivity index (χ3n) is 3.77. The SMILES string of the molecule is CC(C1CC1)N(C)CCNCC1CC1. The predicted octanol–water partition coefficient (Wildman–Crippen LogP) is 1.72. The van der Waals surface area contributed by atoms with Crippen LogP contribution in [-0.4, -0.2) is 37.6 Å². The van der Waals surface area contributed by atoms with Gasteiger partial charge in [-0.2, -0.15) is 0 Å². The average molecular weight is 196 g/mol. The zero-order valence-electron chi connectivity index (χ0n) is 9.63. The number of nitrogens with zero attached hydrogens (tertiary/aromatic N) is 1.